The largest absolute Gasteiger partial charge is 0.347 e. The van der Waals surface area contributed by atoms with Crippen LogP contribution in [-0.2, 0) is 15.1 Å². The molecule has 2 aliphatic rings. The van der Waals surface area contributed by atoms with Crippen molar-refractivity contribution >= 4 is 6.29 Å². The Kier molecular flexibility index (Phi) is 1.13. The molecule has 2 nitrogen and oxygen atoms in total. The molecular weight excluding hydrogens is 164 g/mol. The predicted molar refractivity (Wildman–Crippen MR) is 47.2 cm³/mol. The van der Waals surface area contributed by atoms with E-state index in [2.05, 4.69) is 0 Å². The molecule has 0 N–H and O–H groups in total. The van der Waals surface area contributed by atoms with Gasteiger partial charge in [-0.25, -0.2) is 0 Å². The van der Waals surface area contributed by atoms with Crippen LogP contribution >= 0.6 is 0 Å². The molecule has 0 aliphatic carbocycles. The SMILES string of the molecule is O=CC12C=CC(O1)c1ccccc12. The van der Waals surface area contributed by atoms with Gasteiger partial charge in [-0.05, 0) is 11.6 Å². The number of carbonyl (C=O) groups excluding carboxylic acids is 1. The molecule has 0 radical (unpaired) electrons. The second-order valence-corrected chi connectivity index (χ2v) is 3.40. The van der Waals surface area contributed by atoms with Crippen molar-refractivity contribution in [3.8, 4) is 0 Å². The summed E-state index contributed by atoms with van der Waals surface area (Å²) >= 11 is 0. The Morgan fingerprint density at radius 3 is 3.08 bits per heavy atom. The van der Waals surface area contributed by atoms with E-state index in [4.69, 9.17) is 4.74 Å². The lowest BCUT2D eigenvalue weighted by atomic mass is 9.88. The van der Waals surface area contributed by atoms with E-state index >= 15 is 0 Å². The van der Waals surface area contributed by atoms with E-state index in [0.29, 0.717) is 0 Å². The third kappa shape index (κ3) is 0.693. The molecule has 1 aromatic rings. The summed E-state index contributed by atoms with van der Waals surface area (Å²) in [5.74, 6) is 0. The lowest BCUT2D eigenvalue weighted by molar-refractivity contribution is -0.124. The fourth-order valence-electron chi connectivity index (χ4n) is 2.07. The van der Waals surface area contributed by atoms with Gasteiger partial charge in [0.15, 0.2) is 11.9 Å². The smallest absolute Gasteiger partial charge is 0.168 e. The van der Waals surface area contributed by atoms with Crippen LogP contribution in [0.4, 0.5) is 0 Å². The van der Waals surface area contributed by atoms with Gasteiger partial charge in [0.25, 0.3) is 0 Å². The van der Waals surface area contributed by atoms with E-state index in [-0.39, 0.29) is 6.10 Å². The molecule has 2 unspecified atom stereocenters. The number of hydrogen-bond donors (Lipinski definition) is 0. The first kappa shape index (κ1) is 7.04. The molecule has 1 aromatic carbocycles. The lowest BCUT2D eigenvalue weighted by Crippen LogP contribution is -2.22. The number of aldehydes is 1. The molecule has 3 rings (SSSR count). The van der Waals surface area contributed by atoms with Gasteiger partial charge in [-0.3, -0.25) is 4.79 Å². The molecule has 0 saturated heterocycles. The Balaban J connectivity index is 2.30. The van der Waals surface area contributed by atoms with Crippen LogP contribution in [0.15, 0.2) is 36.4 Å². The summed E-state index contributed by atoms with van der Waals surface area (Å²) in [6.45, 7) is 0. The molecule has 13 heavy (non-hydrogen) atoms. The van der Waals surface area contributed by atoms with E-state index in [1.165, 1.54) is 0 Å². The Bertz CT molecular complexity index is 408. The fraction of sp³-hybridized carbons (Fsp3) is 0.182. The Labute approximate surface area is 75.8 Å². The van der Waals surface area contributed by atoms with Crippen molar-refractivity contribution in [2.75, 3.05) is 0 Å². The average Bonchev–Trinajstić information content (AvgIpc) is 2.75. The van der Waals surface area contributed by atoms with Crippen molar-refractivity contribution in [3.63, 3.8) is 0 Å². The molecule has 0 spiro atoms. The number of ether oxygens (including phenoxy) is 1. The molecule has 0 aromatic heterocycles. The maximum Gasteiger partial charge on any atom is 0.168 e. The van der Waals surface area contributed by atoms with Gasteiger partial charge in [0, 0.05) is 5.56 Å². The zero-order valence-electron chi connectivity index (χ0n) is 6.94. The number of rotatable bonds is 1. The summed E-state index contributed by atoms with van der Waals surface area (Å²) < 4.78 is 5.60. The Morgan fingerprint density at radius 2 is 2.23 bits per heavy atom. The van der Waals surface area contributed by atoms with Gasteiger partial charge in [-0.1, -0.05) is 30.3 Å². The van der Waals surface area contributed by atoms with Crippen LogP contribution in [-0.4, -0.2) is 6.29 Å². The van der Waals surface area contributed by atoms with E-state index < -0.39 is 5.60 Å². The van der Waals surface area contributed by atoms with E-state index in [0.717, 1.165) is 17.4 Å². The van der Waals surface area contributed by atoms with E-state index in [1.54, 1.807) is 0 Å². The van der Waals surface area contributed by atoms with Crippen LogP contribution in [0.25, 0.3) is 0 Å². The zero-order chi connectivity index (χ0) is 8.89. The Morgan fingerprint density at radius 1 is 1.38 bits per heavy atom. The third-order valence-electron chi connectivity index (χ3n) is 2.70. The van der Waals surface area contributed by atoms with Crippen molar-refractivity contribution < 1.29 is 9.53 Å². The second kappa shape index (κ2) is 2.09. The summed E-state index contributed by atoms with van der Waals surface area (Å²) in [5, 5.41) is 0. The topological polar surface area (TPSA) is 26.3 Å². The number of fused-ring (bicyclic) bond motifs is 5. The normalized spacial score (nSPS) is 33.4. The van der Waals surface area contributed by atoms with Crippen LogP contribution in [0.2, 0.25) is 0 Å². The molecule has 0 saturated carbocycles. The van der Waals surface area contributed by atoms with Crippen molar-refractivity contribution in [2.24, 2.45) is 0 Å². The highest BCUT2D eigenvalue weighted by Crippen LogP contribution is 2.48. The molecule has 2 aliphatic heterocycles. The minimum Gasteiger partial charge on any atom is -0.347 e. The minimum absolute atomic E-state index is 0.0126. The average molecular weight is 172 g/mol. The molecule has 2 heteroatoms. The summed E-state index contributed by atoms with van der Waals surface area (Å²) in [5.41, 5.74) is 1.34. The number of hydrogen-bond acceptors (Lipinski definition) is 2. The second-order valence-electron chi connectivity index (χ2n) is 3.40. The van der Waals surface area contributed by atoms with Gasteiger partial charge in [-0.15, -0.1) is 0 Å². The lowest BCUT2D eigenvalue weighted by Gasteiger charge is -2.15. The van der Waals surface area contributed by atoms with Gasteiger partial charge in [0.05, 0.1) is 0 Å². The van der Waals surface area contributed by atoms with Crippen LogP contribution in [0.1, 0.15) is 17.2 Å². The molecule has 64 valence electrons. The number of carbonyl (C=O) groups is 1. The van der Waals surface area contributed by atoms with Crippen LogP contribution in [0, 0.1) is 0 Å². The number of benzene rings is 1. The standard InChI is InChI=1S/C11H8O2/c12-7-11-6-5-10(13-11)8-3-1-2-4-9(8)11/h1-7,10H. The monoisotopic (exact) mass is 172 g/mol. The molecule has 0 amide bonds. The highest BCUT2D eigenvalue weighted by molar-refractivity contribution is 5.74. The van der Waals surface area contributed by atoms with Crippen LogP contribution in [0.3, 0.4) is 0 Å². The first-order valence-corrected chi connectivity index (χ1v) is 4.29. The van der Waals surface area contributed by atoms with Gasteiger partial charge in [-0.2, -0.15) is 0 Å². The summed E-state index contributed by atoms with van der Waals surface area (Å²) in [4.78, 5) is 11.0. The Hall–Kier alpha value is -1.41. The zero-order valence-corrected chi connectivity index (χ0v) is 6.94. The van der Waals surface area contributed by atoms with Crippen molar-refractivity contribution in [1.29, 1.82) is 0 Å². The predicted octanol–water partition coefficient (Wildman–Crippen LogP) is 1.72. The molecule has 2 atom stereocenters. The molecule has 2 heterocycles. The van der Waals surface area contributed by atoms with Crippen molar-refractivity contribution in [1.82, 2.24) is 0 Å². The molecule has 0 fully saturated rings. The van der Waals surface area contributed by atoms with Crippen molar-refractivity contribution in [3.05, 3.63) is 47.5 Å². The van der Waals surface area contributed by atoms with Crippen LogP contribution in [0.5, 0.6) is 0 Å². The highest BCUT2D eigenvalue weighted by atomic mass is 16.5. The summed E-state index contributed by atoms with van der Waals surface area (Å²) in [6.07, 6.45) is 4.64. The highest BCUT2D eigenvalue weighted by Gasteiger charge is 2.46. The third-order valence-corrected chi connectivity index (χ3v) is 2.70. The van der Waals surface area contributed by atoms with E-state index in [1.807, 2.05) is 36.4 Å². The maximum absolute atomic E-state index is 11.0. The van der Waals surface area contributed by atoms with E-state index in [9.17, 15) is 4.79 Å². The summed E-state index contributed by atoms with van der Waals surface area (Å²) in [7, 11) is 0. The summed E-state index contributed by atoms with van der Waals surface area (Å²) in [6, 6.07) is 7.86. The first-order chi connectivity index (χ1) is 6.36. The van der Waals surface area contributed by atoms with Gasteiger partial charge in [0.2, 0.25) is 0 Å². The quantitative estimate of drug-likeness (QED) is 0.476. The minimum atomic E-state index is -0.777. The van der Waals surface area contributed by atoms with Gasteiger partial charge in [0.1, 0.15) is 6.10 Å². The maximum atomic E-state index is 11.0. The first-order valence-electron chi connectivity index (χ1n) is 4.29. The van der Waals surface area contributed by atoms with Gasteiger partial charge < -0.3 is 4.74 Å². The van der Waals surface area contributed by atoms with Gasteiger partial charge >= 0.3 is 0 Å². The van der Waals surface area contributed by atoms with Crippen molar-refractivity contribution in [2.45, 2.75) is 11.7 Å². The fourth-order valence-corrected chi connectivity index (χ4v) is 2.07. The molecule has 2 bridgehead atoms. The molecular formula is C11H8O2. The van der Waals surface area contributed by atoms with Crippen LogP contribution < -0.4 is 0 Å².